The van der Waals surface area contributed by atoms with E-state index in [1.807, 2.05) is 24.3 Å². The summed E-state index contributed by atoms with van der Waals surface area (Å²) in [6.07, 6.45) is 3.11. The molecule has 2 N–H and O–H groups in total. The number of halogens is 1. The number of amides is 4. The Bertz CT molecular complexity index is 1030. The predicted molar refractivity (Wildman–Crippen MR) is 113 cm³/mol. The highest BCUT2D eigenvalue weighted by molar-refractivity contribution is 6.31. The number of methoxy groups -OCH3 is 1. The maximum atomic E-state index is 13.4. The van der Waals surface area contributed by atoms with E-state index in [2.05, 4.69) is 10.6 Å². The van der Waals surface area contributed by atoms with Gasteiger partial charge in [0.2, 0.25) is 5.91 Å². The number of carbonyl (C=O) groups is 3. The van der Waals surface area contributed by atoms with Gasteiger partial charge in [-0.05, 0) is 55.0 Å². The number of aryl methyl sites for hydroxylation is 1. The number of nitrogens with zero attached hydrogens (tertiary/aromatic N) is 1. The van der Waals surface area contributed by atoms with Crippen molar-refractivity contribution < 1.29 is 19.1 Å². The highest BCUT2D eigenvalue weighted by atomic mass is 35.5. The number of ether oxygens (including phenoxy) is 1. The zero-order valence-corrected chi connectivity index (χ0v) is 17.3. The van der Waals surface area contributed by atoms with Crippen LogP contribution in [0.4, 0.5) is 10.5 Å². The Kier molecular flexibility index (Phi) is 5.39. The van der Waals surface area contributed by atoms with E-state index >= 15 is 0 Å². The van der Waals surface area contributed by atoms with Gasteiger partial charge < -0.3 is 15.4 Å². The number of hydrogen-bond donors (Lipinski definition) is 2. The van der Waals surface area contributed by atoms with Crippen LogP contribution >= 0.6 is 11.6 Å². The van der Waals surface area contributed by atoms with Crippen LogP contribution in [-0.2, 0) is 21.5 Å². The van der Waals surface area contributed by atoms with Gasteiger partial charge in [0.15, 0.2) is 0 Å². The molecule has 2 aliphatic rings. The first-order valence-electron chi connectivity index (χ1n) is 9.80. The van der Waals surface area contributed by atoms with Gasteiger partial charge in [-0.2, -0.15) is 0 Å². The van der Waals surface area contributed by atoms with Crippen molar-refractivity contribution in [3.63, 3.8) is 0 Å². The summed E-state index contributed by atoms with van der Waals surface area (Å²) in [5, 5.41) is 5.97. The van der Waals surface area contributed by atoms with Crippen LogP contribution in [0.15, 0.2) is 42.5 Å². The van der Waals surface area contributed by atoms with Crippen LogP contribution < -0.4 is 15.4 Å². The summed E-state index contributed by atoms with van der Waals surface area (Å²) < 4.78 is 5.22. The van der Waals surface area contributed by atoms with E-state index in [9.17, 15) is 14.4 Å². The van der Waals surface area contributed by atoms with Crippen molar-refractivity contribution in [1.82, 2.24) is 10.2 Å². The standard InChI is InChI=1S/C22H22ClN3O4/c1-30-18-10-9-15(23)12-17(18)24-19(27)13-26-20(28)22(25-21(26)29)11-5-4-7-14-6-2-3-8-16(14)22/h2-3,6,8-10,12H,4-5,7,11,13H2,1H3,(H,24,27)(H,25,29). The summed E-state index contributed by atoms with van der Waals surface area (Å²) in [6, 6.07) is 11.9. The zero-order valence-electron chi connectivity index (χ0n) is 16.5. The summed E-state index contributed by atoms with van der Waals surface area (Å²) in [4.78, 5) is 39.7. The van der Waals surface area contributed by atoms with E-state index < -0.39 is 29.9 Å². The smallest absolute Gasteiger partial charge is 0.325 e. The fourth-order valence-corrected chi connectivity index (χ4v) is 4.40. The average molecular weight is 428 g/mol. The Balaban J connectivity index is 1.57. The third-order valence-electron chi connectivity index (χ3n) is 5.64. The molecule has 0 radical (unpaired) electrons. The number of anilines is 1. The monoisotopic (exact) mass is 427 g/mol. The second-order valence-corrected chi connectivity index (χ2v) is 7.92. The molecule has 1 saturated heterocycles. The molecule has 156 valence electrons. The van der Waals surface area contributed by atoms with Crippen molar-refractivity contribution in [1.29, 1.82) is 0 Å². The molecule has 2 aromatic carbocycles. The number of hydrogen-bond acceptors (Lipinski definition) is 4. The summed E-state index contributed by atoms with van der Waals surface area (Å²) in [5.74, 6) is -0.479. The van der Waals surface area contributed by atoms with Crippen molar-refractivity contribution in [3.8, 4) is 5.75 Å². The van der Waals surface area contributed by atoms with Gasteiger partial charge in [0.25, 0.3) is 5.91 Å². The van der Waals surface area contributed by atoms with Crippen LogP contribution in [0, 0.1) is 0 Å². The molecular formula is C22H22ClN3O4. The molecule has 0 saturated carbocycles. The van der Waals surface area contributed by atoms with Crippen molar-refractivity contribution in [2.24, 2.45) is 0 Å². The average Bonchev–Trinajstić information content (AvgIpc) is 2.87. The van der Waals surface area contributed by atoms with Gasteiger partial charge in [0.1, 0.15) is 17.8 Å². The van der Waals surface area contributed by atoms with Gasteiger partial charge in [-0.25, -0.2) is 4.79 Å². The van der Waals surface area contributed by atoms with E-state index in [4.69, 9.17) is 16.3 Å². The van der Waals surface area contributed by atoms with E-state index in [0.29, 0.717) is 22.9 Å². The molecule has 1 spiro atoms. The number of imide groups is 1. The quantitative estimate of drug-likeness (QED) is 0.731. The Morgan fingerprint density at radius 1 is 1.23 bits per heavy atom. The third-order valence-corrected chi connectivity index (χ3v) is 5.87. The molecule has 0 aromatic heterocycles. The topological polar surface area (TPSA) is 87.7 Å². The lowest BCUT2D eigenvalue weighted by molar-refractivity contribution is -0.134. The Morgan fingerprint density at radius 3 is 2.83 bits per heavy atom. The summed E-state index contributed by atoms with van der Waals surface area (Å²) in [7, 11) is 1.48. The van der Waals surface area contributed by atoms with Crippen LogP contribution in [0.25, 0.3) is 0 Å². The first-order chi connectivity index (χ1) is 14.4. The minimum absolute atomic E-state index is 0.372. The predicted octanol–water partition coefficient (Wildman–Crippen LogP) is 3.46. The van der Waals surface area contributed by atoms with Gasteiger partial charge in [-0.3, -0.25) is 14.5 Å². The highest BCUT2D eigenvalue weighted by Gasteiger charge is 2.53. The molecule has 4 amide bonds. The SMILES string of the molecule is COc1ccc(Cl)cc1NC(=O)CN1C(=O)NC2(CCCCc3ccccc32)C1=O. The molecule has 1 aliphatic heterocycles. The van der Waals surface area contributed by atoms with Crippen LogP contribution in [-0.4, -0.2) is 36.4 Å². The van der Waals surface area contributed by atoms with Gasteiger partial charge >= 0.3 is 6.03 Å². The fourth-order valence-electron chi connectivity index (χ4n) is 4.23. The first kappa shape index (κ1) is 20.2. The lowest BCUT2D eigenvalue weighted by Gasteiger charge is -2.27. The maximum Gasteiger partial charge on any atom is 0.325 e. The van der Waals surface area contributed by atoms with E-state index in [1.54, 1.807) is 18.2 Å². The van der Waals surface area contributed by atoms with Gasteiger partial charge in [-0.1, -0.05) is 35.9 Å². The minimum Gasteiger partial charge on any atom is -0.495 e. The highest BCUT2D eigenvalue weighted by Crippen LogP contribution is 2.39. The Morgan fingerprint density at radius 2 is 2.03 bits per heavy atom. The van der Waals surface area contributed by atoms with E-state index in [-0.39, 0.29) is 0 Å². The third kappa shape index (κ3) is 3.50. The maximum absolute atomic E-state index is 13.4. The summed E-state index contributed by atoms with van der Waals surface area (Å²) in [5.41, 5.74) is 1.13. The first-order valence-corrected chi connectivity index (χ1v) is 10.2. The van der Waals surface area contributed by atoms with Crippen molar-refractivity contribution >= 4 is 35.1 Å². The number of urea groups is 1. The zero-order chi connectivity index (χ0) is 21.3. The Labute approximate surface area is 179 Å². The molecular weight excluding hydrogens is 406 g/mol. The lowest BCUT2D eigenvalue weighted by Crippen LogP contribution is -2.44. The van der Waals surface area contributed by atoms with Gasteiger partial charge in [0.05, 0.1) is 12.8 Å². The molecule has 30 heavy (non-hydrogen) atoms. The molecule has 1 fully saturated rings. The lowest BCUT2D eigenvalue weighted by atomic mass is 9.84. The van der Waals surface area contributed by atoms with E-state index in [1.165, 1.54) is 7.11 Å². The number of benzene rings is 2. The van der Waals surface area contributed by atoms with Crippen LogP contribution in [0.1, 0.15) is 30.4 Å². The molecule has 1 unspecified atom stereocenters. The molecule has 7 nitrogen and oxygen atoms in total. The molecule has 4 rings (SSSR count). The number of carbonyl (C=O) groups excluding carboxylic acids is 3. The van der Waals surface area contributed by atoms with Crippen molar-refractivity contribution in [2.75, 3.05) is 19.0 Å². The number of rotatable bonds is 4. The van der Waals surface area contributed by atoms with E-state index in [0.717, 1.165) is 35.3 Å². The number of nitrogens with one attached hydrogen (secondary N) is 2. The molecule has 0 bridgehead atoms. The minimum atomic E-state index is -1.11. The Hall–Kier alpha value is -3.06. The van der Waals surface area contributed by atoms with Crippen molar-refractivity contribution in [3.05, 3.63) is 58.6 Å². The molecule has 1 aliphatic carbocycles. The summed E-state index contributed by atoms with van der Waals surface area (Å²) in [6.45, 7) is -0.399. The number of fused-ring (bicyclic) bond motifs is 2. The molecule has 8 heteroatoms. The van der Waals surface area contributed by atoms with Gasteiger partial charge in [0, 0.05) is 5.02 Å². The largest absolute Gasteiger partial charge is 0.495 e. The molecule has 1 atom stereocenters. The fraction of sp³-hybridized carbons (Fsp3) is 0.318. The molecule has 2 aromatic rings. The van der Waals surface area contributed by atoms with Gasteiger partial charge in [-0.15, -0.1) is 0 Å². The second-order valence-electron chi connectivity index (χ2n) is 7.48. The molecule has 1 heterocycles. The second kappa shape index (κ2) is 7.99. The van der Waals surface area contributed by atoms with Crippen LogP contribution in [0.3, 0.4) is 0 Å². The van der Waals surface area contributed by atoms with Crippen LogP contribution in [0.5, 0.6) is 5.75 Å². The summed E-state index contributed by atoms with van der Waals surface area (Å²) >= 11 is 6.00. The van der Waals surface area contributed by atoms with Crippen LogP contribution in [0.2, 0.25) is 5.02 Å². The normalized spacial score (nSPS) is 20.5. The van der Waals surface area contributed by atoms with Crippen molar-refractivity contribution in [2.45, 2.75) is 31.2 Å².